The van der Waals surface area contributed by atoms with Crippen LogP contribution in [0.2, 0.25) is 0 Å². The van der Waals surface area contributed by atoms with Gasteiger partial charge in [-0.3, -0.25) is 0 Å². The number of fused-ring (bicyclic) bond motifs is 4. The zero-order chi connectivity index (χ0) is 11.4. The molecule has 2 aromatic heterocycles. The maximum atomic E-state index is 5.83. The minimum Gasteiger partial charge on any atom is -0.455 e. The molecule has 0 aliphatic carbocycles. The van der Waals surface area contributed by atoms with Gasteiger partial charge in [0.05, 0.1) is 4.47 Å². The van der Waals surface area contributed by atoms with Crippen LogP contribution >= 0.6 is 15.9 Å². The molecule has 17 heavy (non-hydrogen) atoms. The second-order valence-corrected chi connectivity index (χ2v) is 4.66. The molecule has 2 heterocycles. The molecule has 0 saturated carbocycles. The predicted octanol–water partition coefficient (Wildman–Crippen LogP) is 4.49. The number of aromatic nitrogens is 1. The van der Waals surface area contributed by atoms with Gasteiger partial charge in [-0.25, -0.2) is 4.98 Å². The molecular formula is C13H6BrNO2. The van der Waals surface area contributed by atoms with Crippen LogP contribution < -0.4 is 0 Å². The van der Waals surface area contributed by atoms with Crippen molar-refractivity contribution in [3.63, 3.8) is 0 Å². The van der Waals surface area contributed by atoms with E-state index in [2.05, 4.69) is 20.9 Å². The summed E-state index contributed by atoms with van der Waals surface area (Å²) >= 11 is 3.52. The van der Waals surface area contributed by atoms with Gasteiger partial charge in [0.15, 0.2) is 17.6 Å². The average Bonchev–Trinajstić information content (AvgIpc) is 2.94. The lowest BCUT2D eigenvalue weighted by Crippen LogP contribution is -1.73. The number of furan rings is 1. The Morgan fingerprint density at radius 2 is 1.94 bits per heavy atom. The van der Waals surface area contributed by atoms with Gasteiger partial charge in [-0.1, -0.05) is 18.2 Å². The topological polar surface area (TPSA) is 39.2 Å². The van der Waals surface area contributed by atoms with Gasteiger partial charge in [0.2, 0.25) is 0 Å². The fraction of sp³-hybridized carbons (Fsp3) is 0. The minimum atomic E-state index is 0.760. The van der Waals surface area contributed by atoms with Crippen LogP contribution in [-0.4, -0.2) is 4.98 Å². The highest BCUT2D eigenvalue weighted by atomic mass is 79.9. The standard InChI is InChI=1S/C13H6BrNO2/c14-11-12-10(16-6-15-12)5-8-7-3-1-2-4-9(7)17-13(8)11/h1-6H. The highest BCUT2D eigenvalue weighted by Crippen LogP contribution is 2.37. The third kappa shape index (κ3) is 1.13. The molecule has 0 atom stereocenters. The van der Waals surface area contributed by atoms with Gasteiger partial charge in [0.25, 0.3) is 0 Å². The smallest absolute Gasteiger partial charge is 0.182 e. The molecule has 0 amide bonds. The van der Waals surface area contributed by atoms with E-state index in [1.807, 2.05) is 30.3 Å². The molecule has 0 saturated heterocycles. The summed E-state index contributed by atoms with van der Waals surface area (Å²) in [5.41, 5.74) is 3.23. The van der Waals surface area contributed by atoms with E-state index in [1.54, 1.807) is 0 Å². The molecule has 0 aliphatic rings. The Morgan fingerprint density at radius 1 is 1.06 bits per heavy atom. The van der Waals surface area contributed by atoms with Crippen molar-refractivity contribution >= 4 is 49.0 Å². The zero-order valence-corrected chi connectivity index (χ0v) is 10.2. The number of hydrogen-bond acceptors (Lipinski definition) is 3. The summed E-state index contributed by atoms with van der Waals surface area (Å²) in [6.07, 6.45) is 1.44. The van der Waals surface area contributed by atoms with E-state index in [-0.39, 0.29) is 0 Å². The Bertz CT molecular complexity index is 860. The van der Waals surface area contributed by atoms with Crippen LogP contribution in [0.3, 0.4) is 0 Å². The fourth-order valence-corrected chi connectivity index (χ4v) is 2.73. The Morgan fingerprint density at radius 3 is 2.88 bits per heavy atom. The van der Waals surface area contributed by atoms with E-state index in [1.165, 1.54) is 6.39 Å². The Labute approximate surface area is 104 Å². The van der Waals surface area contributed by atoms with E-state index >= 15 is 0 Å². The molecule has 4 aromatic rings. The number of halogens is 1. The molecule has 0 bridgehead atoms. The van der Waals surface area contributed by atoms with E-state index < -0.39 is 0 Å². The van der Waals surface area contributed by atoms with Crippen LogP contribution in [0.5, 0.6) is 0 Å². The van der Waals surface area contributed by atoms with Crippen LogP contribution in [0.4, 0.5) is 0 Å². The van der Waals surface area contributed by atoms with Crippen LogP contribution in [0.15, 0.2) is 50.0 Å². The highest BCUT2D eigenvalue weighted by Gasteiger charge is 2.14. The number of benzene rings is 2. The average molecular weight is 288 g/mol. The van der Waals surface area contributed by atoms with Crippen LogP contribution in [0.1, 0.15) is 0 Å². The molecular weight excluding hydrogens is 282 g/mol. The SMILES string of the molecule is Brc1c2ncoc2cc2c1oc1ccccc12. The van der Waals surface area contributed by atoms with Crippen molar-refractivity contribution in [3.05, 3.63) is 41.2 Å². The molecule has 0 spiro atoms. The Hall–Kier alpha value is -1.81. The number of oxazole rings is 1. The van der Waals surface area contributed by atoms with Crippen LogP contribution in [0.25, 0.3) is 33.0 Å². The number of rotatable bonds is 0. The van der Waals surface area contributed by atoms with Gasteiger partial charge in [0.1, 0.15) is 11.1 Å². The lowest BCUT2D eigenvalue weighted by atomic mass is 10.1. The predicted molar refractivity (Wildman–Crippen MR) is 69.0 cm³/mol. The molecule has 3 nitrogen and oxygen atoms in total. The molecule has 0 aliphatic heterocycles. The van der Waals surface area contributed by atoms with Crippen molar-refractivity contribution in [3.8, 4) is 0 Å². The van der Waals surface area contributed by atoms with Gasteiger partial charge in [-0.2, -0.15) is 0 Å². The van der Waals surface area contributed by atoms with Gasteiger partial charge in [0, 0.05) is 10.8 Å². The van der Waals surface area contributed by atoms with Crippen molar-refractivity contribution in [2.75, 3.05) is 0 Å². The van der Waals surface area contributed by atoms with E-state index in [0.29, 0.717) is 0 Å². The second kappa shape index (κ2) is 3.11. The third-order valence-electron chi connectivity index (χ3n) is 2.91. The monoisotopic (exact) mass is 287 g/mol. The Balaban J connectivity index is 2.36. The molecule has 4 heteroatoms. The second-order valence-electron chi connectivity index (χ2n) is 3.86. The van der Waals surface area contributed by atoms with Crippen LogP contribution in [-0.2, 0) is 0 Å². The zero-order valence-electron chi connectivity index (χ0n) is 8.61. The summed E-state index contributed by atoms with van der Waals surface area (Å²) < 4.78 is 12.0. The Kier molecular flexibility index (Phi) is 1.69. The highest BCUT2D eigenvalue weighted by molar-refractivity contribution is 9.10. The van der Waals surface area contributed by atoms with Crippen molar-refractivity contribution < 1.29 is 8.83 Å². The molecule has 2 aromatic carbocycles. The first kappa shape index (κ1) is 9.24. The maximum Gasteiger partial charge on any atom is 0.182 e. The molecule has 82 valence electrons. The summed E-state index contributed by atoms with van der Waals surface area (Å²) in [6, 6.07) is 9.91. The maximum absolute atomic E-state index is 5.83. The van der Waals surface area contributed by atoms with Gasteiger partial charge < -0.3 is 8.83 Å². The molecule has 0 N–H and O–H groups in total. The third-order valence-corrected chi connectivity index (χ3v) is 3.65. The van der Waals surface area contributed by atoms with Gasteiger partial charge in [-0.05, 0) is 28.1 Å². The van der Waals surface area contributed by atoms with Gasteiger partial charge in [-0.15, -0.1) is 0 Å². The van der Waals surface area contributed by atoms with Crippen molar-refractivity contribution in [2.45, 2.75) is 0 Å². The van der Waals surface area contributed by atoms with Crippen molar-refractivity contribution in [2.24, 2.45) is 0 Å². The summed E-state index contributed by atoms with van der Waals surface area (Å²) in [7, 11) is 0. The van der Waals surface area contributed by atoms with Crippen molar-refractivity contribution in [1.82, 2.24) is 4.98 Å². The van der Waals surface area contributed by atoms with Crippen molar-refractivity contribution in [1.29, 1.82) is 0 Å². The number of hydrogen-bond donors (Lipinski definition) is 0. The summed E-state index contributed by atoms with van der Waals surface area (Å²) in [5.74, 6) is 0. The lowest BCUT2D eigenvalue weighted by Gasteiger charge is -1.93. The molecule has 0 radical (unpaired) electrons. The van der Waals surface area contributed by atoms with E-state index in [0.717, 1.165) is 37.5 Å². The number of nitrogens with zero attached hydrogens (tertiary/aromatic N) is 1. The molecule has 4 rings (SSSR count). The molecule has 0 unspecified atom stereocenters. The number of para-hydroxylation sites is 1. The van der Waals surface area contributed by atoms with Crippen LogP contribution in [0, 0.1) is 0 Å². The summed E-state index contributed by atoms with van der Waals surface area (Å²) in [5, 5.41) is 2.12. The lowest BCUT2D eigenvalue weighted by molar-refractivity contribution is 0.602. The van der Waals surface area contributed by atoms with E-state index in [9.17, 15) is 0 Å². The molecule has 0 fully saturated rings. The first-order valence-corrected chi connectivity index (χ1v) is 5.97. The quantitative estimate of drug-likeness (QED) is 0.478. The largest absolute Gasteiger partial charge is 0.455 e. The first-order chi connectivity index (χ1) is 8.34. The minimum absolute atomic E-state index is 0.760. The van der Waals surface area contributed by atoms with Gasteiger partial charge >= 0.3 is 0 Å². The summed E-state index contributed by atoms with van der Waals surface area (Å²) in [4.78, 5) is 4.17. The normalized spacial score (nSPS) is 11.8. The fourth-order valence-electron chi connectivity index (χ4n) is 2.13. The summed E-state index contributed by atoms with van der Waals surface area (Å²) in [6.45, 7) is 0. The first-order valence-electron chi connectivity index (χ1n) is 5.17. The van der Waals surface area contributed by atoms with E-state index in [4.69, 9.17) is 8.83 Å².